The number of halogens is 2. The topological polar surface area (TPSA) is 59.1 Å². The van der Waals surface area contributed by atoms with Crippen molar-refractivity contribution in [2.24, 2.45) is 5.73 Å². The summed E-state index contributed by atoms with van der Waals surface area (Å²) in [5, 5.41) is 7.77. The molecule has 2 aromatic rings. The van der Waals surface area contributed by atoms with Gasteiger partial charge in [-0.05, 0) is 58.7 Å². The predicted molar refractivity (Wildman–Crippen MR) is 81.4 cm³/mol. The molecule has 0 aliphatic carbocycles. The van der Waals surface area contributed by atoms with Crippen molar-refractivity contribution >= 4 is 33.4 Å². The van der Waals surface area contributed by atoms with Gasteiger partial charge in [-0.25, -0.2) is 0 Å². The molecule has 2 aromatic carbocycles. The molecule has 98 valence electrons. The molecular weight excluding hydrogens is 328 g/mol. The maximum Gasteiger partial charge on any atom is 0.146 e. The van der Waals surface area contributed by atoms with E-state index in [9.17, 15) is 0 Å². The smallest absolute Gasteiger partial charge is 0.146 e. The molecule has 0 aliphatic rings. The Hall–Kier alpha value is -1.52. The number of hydrogen-bond acceptors (Lipinski definition) is 2. The van der Waals surface area contributed by atoms with E-state index >= 15 is 0 Å². The highest BCUT2D eigenvalue weighted by atomic mass is 79.9. The summed E-state index contributed by atoms with van der Waals surface area (Å²) in [7, 11) is 0. The maximum absolute atomic E-state index is 7.35. The Morgan fingerprint density at radius 1 is 1.21 bits per heavy atom. The minimum absolute atomic E-state index is 0.0232. The summed E-state index contributed by atoms with van der Waals surface area (Å²) in [6, 6.07) is 10.8. The van der Waals surface area contributed by atoms with E-state index in [-0.39, 0.29) is 5.84 Å². The van der Waals surface area contributed by atoms with Crippen LogP contribution in [0.2, 0.25) is 5.02 Å². The van der Waals surface area contributed by atoms with Gasteiger partial charge < -0.3 is 10.5 Å². The fraction of sp³-hybridized carbons (Fsp3) is 0.0714. The molecule has 19 heavy (non-hydrogen) atoms. The Balaban J connectivity index is 2.31. The summed E-state index contributed by atoms with van der Waals surface area (Å²) in [6.07, 6.45) is 0. The van der Waals surface area contributed by atoms with Crippen LogP contribution < -0.4 is 10.5 Å². The van der Waals surface area contributed by atoms with Crippen LogP contribution in [0.15, 0.2) is 40.9 Å². The van der Waals surface area contributed by atoms with Crippen LogP contribution in [-0.2, 0) is 0 Å². The average Bonchev–Trinajstić information content (AvgIpc) is 2.34. The standard InChI is InChI=1S/C14H12BrClN2O/c1-8-2-4-12(10(15)6-8)19-13-5-3-9(14(17)18)7-11(13)16/h2-7H,1H3,(H3,17,18). The van der Waals surface area contributed by atoms with Gasteiger partial charge in [0.25, 0.3) is 0 Å². The van der Waals surface area contributed by atoms with Crippen LogP contribution in [0.1, 0.15) is 11.1 Å². The zero-order valence-electron chi connectivity index (χ0n) is 10.2. The summed E-state index contributed by atoms with van der Waals surface area (Å²) >= 11 is 9.56. The normalized spacial score (nSPS) is 10.3. The van der Waals surface area contributed by atoms with Gasteiger partial charge >= 0.3 is 0 Å². The van der Waals surface area contributed by atoms with Gasteiger partial charge in [0.1, 0.15) is 17.3 Å². The zero-order chi connectivity index (χ0) is 14.0. The molecule has 3 nitrogen and oxygen atoms in total. The van der Waals surface area contributed by atoms with Crippen molar-refractivity contribution in [1.82, 2.24) is 0 Å². The van der Waals surface area contributed by atoms with E-state index in [1.165, 1.54) is 0 Å². The summed E-state index contributed by atoms with van der Waals surface area (Å²) < 4.78 is 6.60. The van der Waals surface area contributed by atoms with Crippen molar-refractivity contribution in [3.63, 3.8) is 0 Å². The Bertz CT molecular complexity index is 643. The van der Waals surface area contributed by atoms with Gasteiger partial charge in [0.05, 0.1) is 9.50 Å². The van der Waals surface area contributed by atoms with Crippen molar-refractivity contribution in [3.8, 4) is 11.5 Å². The highest BCUT2D eigenvalue weighted by Crippen LogP contribution is 2.34. The highest BCUT2D eigenvalue weighted by Gasteiger charge is 2.08. The number of benzene rings is 2. The van der Waals surface area contributed by atoms with Crippen LogP contribution in [0.5, 0.6) is 11.5 Å². The molecule has 0 bridgehead atoms. The van der Waals surface area contributed by atoms with Crippen LogP contribution in [-0.4, -0.2) is 5.84 Å². The molecule has 0 saturated carbocycles. The lowest BCUT2D eigenvalue weighted by Crippen LogP contribution is -2.10. The Kier molecular flexibility index (Phi) is 4.12. The molecule has 0 atom stereocenters. The SMILES string of the molecule is Cc1ccc(Oc2ccc(C(=N)N)cc2Cl)c(Br)c1. The molecule has 0 unspecified atom stereocenters. The maximum atomic E-state index is 7.35. The molecule has 2 rings (SSSR count). The third kappa shape index (κ3) is 3.28. The summed E-state index contributed by atoms with van der Waals surface area (Å²) in [5.41, 5.74) is 7.11. The molecule has 0 spiro atoms. The van der Waals surface area contributed by atoms with Crippen molar-refractivity contribution in [2.75, 3.05) is 0 Å². The summed E-state index contributed by atoms with van der Waals surface area (Å²) in [5.74, 6) is 1.18. The molecule has 0 aliphatic heterocycles. The van der Waals surface area contributed by atoms with Gasteiger partial charge in [0.15, 0.2) is 0 Å². The van der Waals surface area contributed by atoms with E-state index in [1.807, 2.05) is 25.1 Å². The Morgan fingerprint density at radius 2 is 1.89 bits per heavy atom. The Morgan fingerprint density at radius 3 is 2.47 bits per heavy atom. The van der Waals surface area contributed by atoms with E-state index < -0.39 is 0 Å². The van der Waals surface area contributed by atoms with E-state index in [2.05, 4.69) is 15.9 Å². The molecule has 3 N–H and O–H groups in total. The van der Waals surface area contributed by atoms with E-state index in [1.54, 1.807) is 18.2 Å². The first kappa shape index (κ1) is 13.9. The number of nitrogen functional groups attached to an aromatic ring is 1. The second-order valence-electron chi connectivity index (χ2n) is 4.09. The molecule has 0 amide bonds. The third-order valence-electron chi connectivity index (χ3n) is 2.55. The zero-order valence-corrected chi connectivity index (χ0v) is 12.5. The minimum Gasteiger partial charge on any atom is -0.455 e. The van der Waals surface area contributed by atoms with Crippen LogP contribution >= 0.6 is 27.5 Å². The number of rotatable bonds is 3. The van der Waals surface area contributed by atoms with Crippen LogP contribution in [0, 0.1) is 12.3 Å². The van der Waals surface area contributed by atoms with E-state index in [0.29, 0.717) is 22.1 Å². The number of nitrogens with two attached hydrogens (primary N) is 1. The molecule has 5 heteroatoms. The monoisotopic (exact) mass is 338 g/mol. The molecule has 0 saturated heterocycles. The van der Waals surface area contributed by atoms with Gasteiger partial charge in [0.2, 0.25) is 0 Å². The second-order valence-corrected chi connectivity index (χ2v) is 5.36. The highest BCUT2D eigenvalue weighted by molar-refractivity contribution is 9.10. The fourth-order valence-electron chi connectivity index (χ4n) is 1.56. The first-order valence-corrected chi connectivity index (χ1v) is 6.72. The average molecular weight is 340 g/mol. The summed E-state index contributed by atoms with van der Waals surface area (Å²) in [4.78, 5) is 0. The van der Waals surface area contributed by atoms with Crippen LogP contribution in [0.4, 0.5) is 0 Å². The predicted octanol–water partition coefficient (Wildman–Crippen LogP) is 4.49. The number of hydrogen-bond donors (Lipinski definition) is 2. The van der Waals surface area contributed by atoms with Crippen molar-refractivity contribution < 1.29 is 4.74 Å². The van der Waals surface area contributed by atoms with Gasteiger partial charge in [-0.15, -0.1) is 0 Å². The van der Waals surface area contributed by atoms with Crippen molar-refractivity contribution in [3.05, 3.63) is 57.0 Å². The van der Waals surface area contributed by atoms with Crippen molar-refractivity contribution in [1.29, 1.82) is 5.41 Å². The third-order valence-corrected chi connectivity index (χ3v) is 3.47. The molecular formula is C14H12BrClN2O. The summed E-state index contributed by atoms with van der Waals surface area (Å²) in [6.45, 7) is 2.00. The van der Waals surface area contributed by atoms with E-state index in [0.717, 1.165) is 10.0 Å². The van der Waals surface area contributed by atoms with Gasteiger partial charge in [-0.2, -0.15) is 0 Å². The van der Waals surface area contributed by atoms with Gasteiger partial charge in [-0.1, -0.05) is 17.7 Å². The number of nitrogens with one attached hydrogen (secondary N) is 1. The first-order valence-electron chi connectivity index (χ1n) is 5.55. The minimum atomic E-state index is -0.0232. The first-order chi connectivity index (χ1) is 8.97. The molecule has 0 aromatic heterocycles. The molecule has 0 radical (unpaired) electrons. The van der Waals surface area contributed by atoms with E-state index in [4.69, 9.17) is 27.5 Å². The molecule has 0 heterocycles. The second kappa shape index (κ2) is 5.63. The van der Waals surface area contributed by atoms with Crippen LogP contribution in [0.3, 0.4) is 0 Å². The molecule has 0 fully saturated rings. The number of ether oxygens (including phenoxy) is 1. The lowest BCUT2D eigenvalue weighted by atomic mass is 10.2. The van der Waals surface area contributed by atoms with Crippen molar-refractivity contribution in [2.45, 2.75) is 6.92 Å². The largest absolute Gasteiger partial charge is 0.455 e. The van der Waals surface area contributed by atoms with Gasteiger partial charge in [0, 0.05) is 5.56 Å². The lowest BCUT2D eigenvalue weighted by Gasteiger charge is -2.10. The fourth-order valence-corrected chi connectivity index (χ4v) is 2.35. The van der Waals surface area contributed by atoms with Crippen LogP contribution in [0.25, 0.3) is 0 Å². The number of aryl methyl sites for hydroxylation is 1. The lowest BCUT2D eigenvalue weighted by molar-refractivity contribution is 0.479. The quantitative estimate of drug-likeness (QED) is 0.639. The van der Waals surface area contributed by atoms with Gasteiger partial charge in [-0.3, -0.25) is 5.41 Å². The number of amidine groups is 1. The Labute approximate surface area is 125 Å².